The highest BCUT2D eigenvalue weighted by Crippen LogP contribution is 1.94. The molecule has 60 valence electrons. The smallest absolute Gasteiger partial charge is 0.327 e. The molecule has 0 aromatic carbocycles. The molecule has 0 bridgehead atoms. The molecule has 4 nitrogen and oxygen atoms in total. The largest absolute Gasteiger partial charge is 0.331 e. The minimum absolute atomic E-state index is 0.242. The van der Waals surface area contributed by atoms with Crippen molar-refractivity contribution in [2.75, 3.05) is 13.6 Å². The zero-order chi connectivity index (χ0) is 8.15. The molecule has 0 atom stereocenters. The first-order chi connectivity index (χ1) is 4.57. The summed E-state index contributed by atoms with van der Waals surface area (Å²) in [4.78, 5) is 12.3. The Balaban J connectivity index is 3.61. The second-order valence-electron chi connectivity index (χ2n) is 2.72. The van der Waals surface area contributed by atoms with E-state index in [9.17, 15) is 4.79 Å². The monoisotopic (exact) mass is 145 g/mol. The van der Waals surface area contributed by atoms with E-state index in [1.165, 1.54) is 0 Å². The fourth-order valence-corrected chi connectivity index (χ4v) is 0.741. The van der Waals surface area contributed by atoms with Crippen molar-refractivity contribution in [3.05, 3.63) is 0 Å². The molecule has 0 aliphatic rings. The van der Waals surface area contributed by atoms with E-state index in [-0.39, 0.29) is 6.03 Å². The van der Waals surface area contributed by atoms with Gasteiger partial charge in [-0.3, -0.25) is 5.43 Å². The van der Waals surface area contributed by atoms with Crippen LogP contribution in [0.5, 0.6) is 0 Å². The van der Waals surface area contributed by atoms with Crippen LogP contribution in [0.2, 0.25) is 0 Å². The molecule has 0 aromatic rings. The maximum atomic E-state index is 10.7. The van der Waals surface area contributed by atoms with Crippen molar-refractivity contribution >= 4 is 6.03 Å². The highest BCUT2D eigenvalue weighted by molar-refractivity contribution is 5.72. The number of rotatable bonds is 2. The Bertz CT molecular complexity index is 114. The van der Waals surface area contributed by atoms with Gasteiger partial charge in [-0.25, -0.2) is 10.6 Å². The zero-order valence-electron chi connectivity index (χ0n) is 6.72. The SMILES string of the molecule is CC(C)CN(C)C(=O)NN. The topological polar surface area (TPSA) is 58.4 Å². The van der Waals surface area contributed by atoms with E-state index in [0.717, 1.165) is 6.54 Å². The fourth-order valence-electron chi connectivity index (χ4n) is 0.741. The van der Waals surface area contributed by atoms with Crippen molar-refractivity contribution in [1.29, 1.82) is 0 Å². The average molecular weight is 145 g/mol. The van der Waals surface area contributed by atoms with Crippen LogP contribution in [-0.2, 0) is 0 Å². The van der Waals surface area contributed by atoms with Gasteiger partial charge in [0.15, 0.2) is 0 Å². The van der Waals surface area contributed by atoms with Crippen molar-refractivity contribution in [2.45, 2.75) is 13.8 Å². The number of nitrogens with one attached hydrogen (secondary N) is 1. The third-order valence-electron chi connectivity index (χ3n) is 1.11. The van der Waals surface area contributed by atoms with Gasteiger partial charge >= 0.3 is 6.03 Å². The fraction of sp³-hybridized carbons (Fsp3) is 0.833. The maximum Gasteiger partial charge on any atom is 0.331 e. The molecule has 0 aromatic heterocycles. The quantitative estimate of drug-likeness (QED) is 0.330. The molecule has 4 heteroatoms. The van der Waals surface area contributed by atoms with Crippen molar-refractivity contribution in [3.63, 3.8) is 0 Å². The molecule has 2 amide bonds. The lowest BCUT2D eigenvalue weighted by Crippen LogP contribution is -2.42. The number of nitrogens with two attached hydrogens (primary N) is 1. The molecule has 10 heavy (non-hydrogen) atoms. The maximum absolute atomic E-state index is 10.7. The van der Waals surface area contributed by atoms with Gasteiger partial charge in [-0.2, -0.15) is 0 Å². The lowest BCUT2D eigenvalue weighted by Gasteiger charge is -2.17. The van der Waals surface area contributed by atoms with Crippen molar-refractivity contribution in [3.8, 4) is 0 Å². The lowest BCUT2D eigenvalue weighted by atomic mass is 10.2. The standard InChI is InChI=1S/C6H15N3O/c1-5(2)4-9(3)6(10)8-7/h5H,4,7H2,1-3H3,(H,8,10). The third kappa shape index (κ3) is 3.29. The first-order valence-corrected chi connectivity index (χ1v) is 3.29. The van der Waals surface area contributed by atoms with Crippen LogP contribution in [0.4, 0.5) is 4.79 Å². The normalized spacial score (nSPS) is 9.70. The van der Waals surface area contributed by atoms with Gasteiger partial charge in [0, 0.05) is 13.6 Å². The third-order valence-corrected chi connectivity index (χ3v) is 1.11. The predicted molar refractivity (Wildman–Crippen MR) is 40.2 cm³/mol. The van der Waals surface area contributed by atoms with Crippen molar-refractivity contribution in [2.24, 2.45) is 11.8 Å². The van der Waals surface area contributed by atoms with Crippen LogP contribution in [0.1, 0.15) is 13.8 Å². The molecule has 0 saturated heterocycles. The second kappa shape index (κ2) is 4.11. The second-order valence-corrected chi connectivity index (χ2v) is 2.72. The van der Waals surface area contributed by atoms with Crippen LogP contribution in [0.25, 0.3) is 0 Å². The number of nitrogens with zero attached hydrogens (tertiary/aromatic N) is 1. The molecule has 0 spiro atoms. The number of amides is 2. The van der Waals surface area contributed by atoms with Gasteiger partial charge in [-0.05, 0) is 5.92 Å². The average Bonchev–Trinajstić information content (AvgIpc) is 1.85. The van der Waals surface area contributed by atoms with E-state index in [2.05, 4.69) is 5.43 Å². The summed E-state index contributed by atoms with van der Waals surface area (Å²) < 4.78 is 0. The highest BCUT2D eigenvalue weighted by atomic mass is 16.2. The van der Waals surface area contributed by atoms with Crippen LogP contribution < -0.4 is 11.3 Å². The highest BCUT2D eigenvalue weighted by Gasteiger charge is 2.06. The number of hydrogen-bond acceptors (Lipinski definition) is 2. The Labute approximate surface area is 61.3 Å². The van der Waals surface area contributed by atoms with E-state index in [1.807, 2.05) is 13.8 Å². The Morgan fingerprint density at radius 2 is 2.20 bits per heavy atom. The predicted octanol–water partition coefficient (Wildman–Crippen LogP) is 0.158. The van der Waals surface area contributed by atoms with Gasteiger partial charge in [-0.15, -0.1) is 0 Å². The minimum atomic E-state index is -0.242. The van der Waals surface area contributed by atoms with Gasteiger partial charge in [-0.1, -0.05) is 13.8 Å². The summed E-state index contributed by atoms with van der Waals surface area (Å²) in [5.41, 5.74) is 2.06. The van der Waals surface area contributed by atoms with Crippen LogP contribution in [0.3, 0.4) is 0 Å². The summed E-state index contributed by atoms with van der Waals surface area (Å²) in [6.07, 6.45) is 0. The van der Waals surface area contributed by atoms with Crippen LogP contribution in [-0.4, -0.2) is 24.5 Å². The number of urea groups is 1. The van der Waals surface area contributed by atoms with E-state index in [1.54, 1.807) is 11.9 Å². The number of carbonyl (C=O) groups excluding carboxylic acids is 1. The Morgan fingerprint density at radius 1 is 1.70 bits per heavy atom. The Kier molecular flexibility index (Phi) is 3.79. The molecule has 0 fully saturated rings. The van der Waals surface area contributed by atoms with Crippen LogP contribution in [0.15, 0.2) is 0 Å². The molecule has 0 rings (SSSR count). The van der Waals surface area contributed by atoms with E-state index in [4.69, 9.17) is 5.84 Å². The minimum Gasteiger partial charge on any atom is -0.327 e. The molecule has 0 aliphatic heterocycles. The van der Waals surface area contributed by atoms with E-state index in [0.29, 0.717) is 5.92 Å². The summed E-state index contributed by atoms with van der Waals surface area (Å²) in [5.74, 6) is 5.38. The lowest BCUT2D eigenvalue weighted by molar-refractivity contribution is 0.203. The van der Waals surface area contributed by atoms with E-state index < -0.39 is 0 Å². The number of hydrogen-bond donors (Lipinski definition) is 2. The summed E-state index contributed by atoms with van der Waals surface area (Å²) in [6, 6.07) is -0.242. The van der Waals surface area contributed by atoms with Gasteiger partial charge in [0.25, 0.3) is 0 Å². The molecular formula is C6H15N3O. The van der Waals surface area contributed by atoms with Crippen LogP contribution >= 0.6 is 0 Å². The summed E-state index contributed by atoms with van der Waals surface area (Å²) in [5, 5.41) is 0. The first-order valence-electron chi connectivity index (χ1n) is 3.29. The molecule has 0 saturated carbocycles. The zero-order valence-corrected chi connectivity index (χ0v) is 6.72. The number of carbonyl (C=O) groups is 1. The summed E-state index contributed by atoms with van der Waals surface area (Å²) in [7, 11) is 1.71. The molecule has 3 N–H and O–H groups in total. The molecular weight excluding hydrogens is 130 g/mol. The van der Waals surface area contributed by atoms with Gasteiger partial charge < -0.3 is 4.90 Å². The molecule has 0 heterocycles. The Hall–Kier alpha value is -0.770. The van der Waals surface area contributed by atoms with Gasteiger partial charge in [0.05, 0.1) is 0 Å². The van der Waals surface area contributed by atoms with Crippen LogP contribution in [0, 0.1) is 5.92 Å². The number of hydrazine groups is 1. The summed E-state index contributed by atoms with van der Waals surface area (Å²) in [6.45, 7) is 4.81. The molecule has 0 radical (unpaired) electrons. The van der Waals surface area contributed by atoms with Crippen molar-refractivity contribution in [1.82, 2.24) is 10.3 Å². The van der Waals surface area contributed by atoms with Gasteiger partial charge in [0.1, 0.15) is 0 Å². The van der Waals surface area contributed by atoms with Crippen molar-refractivity contribution < 1.29 is 4.79 Å². The molecule has 0 aliphatic carbocycles. The molecule has 0 unspecified atom stereocenters. The van der Waals surface area contributed by atoms with Gasteiger partial charge in [0.2, 0.25) is 0 Å². The first kappa shape index (κ1) is 9.23. The summed E-state index contributed by atoms with van der Waals surface area (Å²) >= 11 is 0. The Morgan fingerprint density at radius 3 is 2.50 bits per heavy atom. The van der Waals surface area contributed by atoms with E-state index >= 15 is 0 Å².